The number of amides is 2. The number of anilines is 1. The van der Waals surface area contributed by atoms with Gasteiger partial charge in [-0.2, -0.15) is 0 Å². The molecular formula is C34H31ClN4O6S. The number of nitrogens with zero attached hydrogens (tertiary/aromatic N) is 3. The van der Waals surface area contributed by atoms with Crippen LogP contribution in [0.5, 0.6) is 11.5 Å². The van der Waals surface area contributed by atoms with Crippen LogP contribution in [0.1, 0.15) is 24.1 Å². The van der Waals surface area contributed by atoms with Gasteiger partial charge in [-0.15, -0.1) is 0 Å². The molecule has 1 atom stereocenters. The van der Waals surface area contributed by atoms with Gasteiger partial charge in [-0.25, -0.2) is 4.99 Å². The lowest BCUT2D eigenvalue weighted by Gasteiger charge is -2.26. The van der Waals surface area contributed by atoms with E-state index in [9.17, 15) is 14.4 Å². The molecule has 0 spiro atoms. The molecule has 0 radical (unpaired) electrons. The van der Waals surface area contributed by atoms with Crippen molar-refractivity contribution in [1.29, 1.82) is 0 Å². The van der Waals surface area contributed by atoms with Crippen LogP contribution < -0.4 is 29.7 Å². The first kappa shape index (κ1) is 31.3. The minimum atomic E-state index is -0.728. The van der Waals surface area contributed by atoms with Gasteiger partial charge in [0.1, 0.15) is 0 Å². The van der Waals surface area contributed by atoms with E-state index in [-0.39, 0.29) is 24.0 Å². The fraction of sp³-hybridized carbons (Fsp3) is 0.235. The molecule has 12 heteroatoms. The minimum Gasteiger partial charge on any atom is -0.493 e. The van der Waals surface area contributed by atoms with Gasteiger partial charge in [0.05, 0.1) is 42.2 Å². The summed E-state index contributed by atoms with van der Waals surface area (Å²) in [5.74, 6) is 0.355. The summed E-state index contributed by atoms with van der Waals surface area (Å²) in [5.41, 5.74) is 2.62. The Kier molecular flexibility index (Phi) is 9.34. The van der Waals surface area contributed by atoms with Gasteiger partial charge in [0.15, 0.2) is 22.9 Å². The number of rotatable bonds is 8. The van der Waals surface area contributed by atoms with Crippen LogP contribution >= 0.6 is 22.9 Å². The predicted molar refractivity (Wildman–Crippen MR) is 176 cm³/mol. The molecule has 0 aliphatic carbocycles. The van der Waals surface area contributed by atoms with Crippen LogP contribution in [-0.2, 0) is 14.3 Å². The second-order valence-electron chi connectivity index (χ2n) is 10.6. The van der Waals surface area contributed by atoms with Crippen LogP contribution in [0, 0.1) is 0 Å². The van der Waals surface area contributed by atoms with Crippen molar-refractivity contribution in [2.24, 2.45) is 4.99 Å². The van der Waals surface area contributed by atoms with E-state index in [0.717, 1.165) is 5.56 Å². The average Bonchev–Trinajstić information content (AvgIpc) is 3.37. The quantitative estimate of drug-likeness (QED) is 0.309. The first-order valence-electron chi connectivity index (χ1n) is 14.6. The Balaban J connectivity index is 1.33. The van der Waals surface area contributed by atoms with Gasteiger partial charge >= 0.3 is 0 Å². The Labute approximate surface area is 273 Å². The number of thiazole rings is 1. The third-order valence-corrected chi connectivity index (χ3v) is 8.92. The summed E-state index contributed by atoms with van der Waals surface area (Å²) in [7, 11) is 1.51. The second kappa shape index (κ2) is 13.7. The number of hydrogen-bond acceptors (Lipinski definition) is 8. The molecule has 4 aromatic rings. The smallest absolute Gasteiger partial charge is 0.271 e. The summed E-state index contributed by atoms with van der Waals surface area (Å²) in [6.45, 7) is 3.74. The number of benzene rings is 3. The van der Waals surface area contributed by atoms with E-state index in [2.05, 4.69) is 5.32 Å². The fourth-order valence-electron chi connectivity index (χ4n) is 5.38. The molecule has 0 saturated carbocycles. The van der Waals surface area contributed by atoms with Gasteiger partial charge < -0.3 is 24.4 Å². The molecule has 0 bridgehead atoms. The van der Waals surface area contributed by atoms with Crippen molar-refractivity contribution in [3.63, 3.8) is 0 Å². The van der Waals surface area contributed by atoms with Crippen LogP contribution in [0.2, 0.25) is 5.02 Å². The number of halogens is 1. The standard InChI is InChI=1S/C34H31ClN4O6S/c1-21-30(32(41)37-25-6-4-3-5-7-25)31(23-9-11-24(35)12-10-23)39-33(42)28(46-34(39)36-21)19-22-8-13-26(27(18-22)43-2)45-20-29(40)38-14-16-44-17-15-38/h3-13,18-19,31H,14-17,20H2,1-2H3,(H,37,41)/b28-19+/t31-/m1/s1. The Bertz CT molecular complexity index is 1980. The van der Waals surface area contributed by atoms with Gasteiger partial charge in [0, 0.05) is 23.8 Å². The van der Waals surface area contributed by atoms with Crippen LogP contribution in [-0.4, -0.2) is 61.3 Å². The number of morpholine rings is 1. The number of carbonyl (C=O) groups excluding carboxylic acids is 2. The van der Waals surface area contributed by atoms with Crippen molar-refractivity contribution in [2.75, 3.05) is 45.3 Å². The first-order valence-corrected chi connectivity index (χ1v) is 15.8. The number of fused-ring (bicyclic) bond motifs is 1. The van der Waals surface area contributed by atoms with Gasteiger partial charge in [-0.3, -0.25) is 19.0 Å². The highest BCUT2D eigenvalue weighted by Gasteiger charge is 2.32. The third kappa shape index (κ3) is 6.62. The normalized spacial score (nSPS) is 16.5. The Morgan fingerprint density at radius 2 is 1.80 bits per heavy atom. The van der Waals surface area contributed by atoms with E-state index in [1.165, 1.54) is 18.4 Å². The molecule has 1 aromatic heterocycles. The lowest BCUT2D eigenvalue weighted by atomic mass is 9.95. The minimum absolute atomic E-state index is 0.126. The Morgan fingerprint density at radius 1 is 1.07 bits per heavy atom. The molecule has 2 aliphatic rings. The monoisotopic (exact) mass is 658 g/mol. The van der Waals surface area contributed by atoms with E-state index >= 15 is 0 Å². The van der Waals surface area contributed by atoms with Gasteiger partial charge in [-0.05, 0) is 60.5 Å². The molecule has 3 heterocycles. The van der Waals surface area contributed by atoms with Crippen LogP contribution in [0.15, 0.2) is 93.9 Å². The number of ether oxygens (including phenoxy) is 3. The lowest BCUT2D eigenvalue weighted by Crippen LogP contribution is -2.43. The summed E-state index contributed by atoms with van der Waals surface area (Å²) in [4.78, 5) is 47.2. The van der Waals surface area contributed by atoms with Crippen molar-refractivity contribution in [2.45, 2.75) is 13.0 Å². The van der Waals surface area contributed by atoms with E-state index in [1.807, 2.05) is 30.3 Å². The molecule has 1 N–H and O–H groups in total. The summed E-state index contributed by atoms with van der Waals surface area (Å²) < 4.78 is 18.6. The zero-order valence-electron chi connectivity index (χ0n) is 25.2. The van der Waals surface area contributed by atoms with E-state index in [1.54, 1.807) is 64.9 Å². The van der Waals surface area contributed by atoms with Gasteiger partial charge in [-0.1, -0.05) is 59.3 Å². The van der Waals surface area contributed by atoms with Crippen molar-refractivity contribution in [1.82, 2.24) is 9.47 Å². The number of para-hydroxylation sites is 1. The topological polar surface area (TPSA) is 111 Å². The molecule has 2 aliphatic heterocycles. The highest BCUT2D eigenvalue weighted by molar-refractivity contribution is 7.07. The lowest BCUT2D eigenvalue weighted by molar-refractivity contribution is -0.137. The third-order valence-electron chi connectivity index (χ3n) is 7.68. The molecule has 0 unspecified atom stereocenters. The SMILES string of the molecule is COc1cc(/C=c2/sc3n(c2=O)[C@H](c2ccc(Cl)cc2)C(C(=O)Nc2ccccc2)=C(C)N=3)ccc1OCC(=O)N1CCOCC1. The maximum absolute atomic E-state index is 14.0. The maximum atomic E-state index is 14.0. The van der Waals surface area contributed by atoms with E-state index < -0.39 is 6.04 Å². The van der Waals surface area contributed by atoms with E-state index in [4.69, 9.17) is 30.8 Å². The average molecular weight is 659 g/mol. The Hall–Kier alpha value is -4.71. The summed E-state index contributed by atoms with van der Waals surface area (Å²) in [6, 6.07) is 20.7. The molecule has 6 rings (SSSR count). The number of nitrogens with one attached hydrogen (secondary N) is 1. The van der Waals surface area contributed by atoms with E-state index in [0.29, 0.717) is 74.7 Å². The van der Waals surface area contributed by atoms with Crippen LogP contribution in [0.25, 0.3) is 6.08 Å². The van der Waals surface area contributed by atoms with Crippen molar-refractivity contribution in [3.05, 3.63) is 120 Å². The summed E-state index contributed by atoms with van der Waals surface area (Å²) >= 11 is 7.43. The number of methoxy groups -OCH3 is 1. The number of hydrogen-bond donors (Lipinski definition) is 1. The summed E-state index contributed by atoms with van der Waals surface area (Å²) in [6.07, 6.45) is 1.75. The first-order chi connectivity index (χ1) is 22.3. The molecule has 10 nitrogen and oxygen atoms in total. The highest BCUT2D eigenvalue weighted by atomic mass is 35.5. The number of aromatic nitrogens is 1. The number of allylic oxidation sites excluding steroid dienone is 1. The van der Waals surface area contributed by atoms with Crippen molar-refractivity contribution in [3.8, 4) is 11.5 Å². The molecule has 236 valence electrons. The molecular weight excluding hydrogens is 628 g/mol. The second-order valence-corrected chi connectivity index (χ2v) is 12.1. The predicted octanol–water partition coefficient (Wildman–Crippen LogP) is 3.77. The van der Waals surface area contributed by atoms with Crippen LogP contribution in [0.3, 0.4) is 0 Å². The van der Waals surface area contributed by atoms with Crippen molar-refractivity contribution >= 4 is 46.5 Å². The summed E-state index contributed by atoms with van der Waals surface area (Å²) in [5, 5.41) is 3.49. The molecule has 3 aromatic carbocycles. The van der Waals surface area contributed by atoms with Crippen LogP contribution in [0.4, 0.5) is 5.69 Å². The Morgan fingerprint density at radius 3 is 2.52 bits per heavy atom. The van der Waals surface area contributed by atoms with Crippen molar-refractivity contribution < 1.29 is 23.8 Å². The maximum Gasteiger partial charge on any atom is 0.271 e. The molecule has 2 amide bonds. The molecule has 1 fully saturated rings. The zero-order valence-corrected chi connectivity index (χ0v) is 26.8. The largest absolute Gasteiger partial charge is 0.493 e. The number of carbonyl (C=O) groups is 2. The highest BCUT2D eigenvalue weighted by Crippen LogP contribution is 2.32. The molecule has 46 heavy (non-hydrogen) atoms. The van der Waals surface area contributed by atoms with Gasteiger partial charge in [0.25, 0.3) is 17.4 Å². The zero-order chi connectivity index (χ0) is 32.2. The fourth-order valence-corrected chi connectivity index (χ4v) is 6.55. The van der Waals surface area contributed by atoms with Gasteiger partial charge in [0.2, 0.25) is 0 Å². The molecule has 1 saturated heterocycles.